The van der Waals surface area contributed by atoms with Gasteiger partial charge in [-0.05, 0) is 43.5 Å². The number of fused-ring (bicyclic) bond motifs is 1. The summed E-state index contributed by atoms with van der Waals surface area (Å²) in [4.78, 5) is 35.6. The molecule has 1 saturated heterocycles. The summed E-state index contributed by atoms with van der Waals surface area (Å²) < 4.78 is 42.9. The molecule has 180 valence electrons. The highest BCUT2D eigenvalue weighted by Gasteiger charge is 2.31. The number of benzene rings is 1. The van der Waals surface area contributed by atoms with E-state index in [0.717, 1.165) is 48.7 Å². The highest BCUT2D eigenvalue weighted by molar-refractivity contribution is 6.07. The van der Waals surface area contributed by atoms with Crippen LogP contribution in [0.15, 0.2) is 36.5 Å². The maximum absolute atomic E-state index is 14.4. The molecule has 1 amide bonds. The van der Waals surface area contributed by atoms with Crippen molar-refractivity contribution in [3.05, 3.63) is 70.9 Å². The first-order chi connectivity index (χ1) is 16.8. The largest absolute Gasteiger partial charge is 0.368 e. The summed E-state index contributed by atoms with van der Waals surface area (Å²) in [5, 5.41) is 2.74. The monoisotopic (exact) mass is 481 g/mol. The molecule has 1 fully saturated rings. The van der Waals surface area contributed by atoms with Crippen LogP contribution in [0, 0.1) is 17.5 Å². The number of rotatable bonds is 4. The lowest BCUT2D eigenvalue weighted by molar-refractivity contribution is 0.0988. The van der Waals surface area contributed by atoms with E-state index in [9.17, 15) is 22.8 Å². The minimum absolute atomic E-state index is 0.0507. The van der Waals surface area contributed by atoms with Crippen LogP contribution >= 0.6 is 0 Å². The molecule has 3 aromatic rings. The van der Waals surface area contributed by atoms with E-state index in [2.05, 4.69) is 15.3 Å². The smallest absolute Gasteiger partial charge is 0.274 e. The normalized spacial score (nSPS) is 17.4. The third-order valence-corrected chi connectivity index (χ3v) is 6.32. The number of halogens is 3. The SMILES string of the molecule is NC1CCCN(c2c(NC(=O)c3ccc(F)c(-c4c(F)cccc4F)n3)cnc3c2CCC3=O)C1. The van der Waals surface area contributed by atoms with Crippen molar-refractivity contribution in [2.24, 2.45) is 5.73 Å². The fourth-order valence-electron chi connectivity index (χ4n) is 4.70. The van der Waals surface area contributed by atoms with Crippen LogP contribution in [0.3, 0.4) is 0 Å². The fraction of sp³-hybridized carbons (Fsp3) is 0.280. The Balaban J connectivity index is 1.52. The van der Waals surface area contributed by atoms with Gasteiger partial charge in [0.2, 0.25) is 0 Å². The van der Waals surface area contributed by atoms with Crippen LogP contribution in [0.5, 0.6) is 0 Å². The molecule has 1 aliphatic carbocycles. The molecule has 3 N–H and O–H groups in total. The second-order valence-electron chi connectivity index (χ2n) is 8.70. The predicted octanol–water partition coefficient (Wildman–Crippen LogP) is 3.87. The molecule has 7 nitrogen and oxygen atoms in total. The minimum atomic E-state index is -0.995. The summed E-state index contributed by atoms with van der Waals surface area (Å²) in [6.07, 6.45) is 3.98. The van der Waals surface area contributed by atoms with Gasteiger partial charge in [0, 0.05) is 31.1 Å². The van der Waals surface area contributed by atoms with E-state index < -0.39 is 34.6 Å². The zero-order valence-corrected chi connectivity index (χ0v) is 18.7. The van der Waals surface area contributed by atoms with Gasteiger partial charge in [-0.25, -0.2) is 18.2 Å². The Hall–Kier alpha value is -3.79. The van der Waals surface area contributed by atoms with Crippen LogP contribution in [0.4, 0.5) is 24.5 Å². The van der Waals surface area contributed by atoms with Crippen molar-refractivity contribution in [3.8, 4) is 11.3 Å². The molecule has 1 atom stereocenters. The van der Waals surface area contributed by atoms with Crippen LogP contribution in [-0.4, -0.2) is 40.8 Å². The van der Waals surface area contributed by atoms with E-state index in [0.29, 0.717) is 43.0 Å². The van der Waals surface area contributed by atoms with E-state index >= 15 is 0 Å². The van der Waals surface area contributed by atoms with Gasteiger partial charge in [-0.15, -0.1) is 0 Å². The van der Waals surface area contributed by atoms with Crippen LogP contribution in [0.25, 0.3) is 11.3 Å². The Morgan fingerprint density at radius 3 is 2.57 bits per heavy atom. The Morgan fingerprint density at radius 2 is 1.83 bits per heavy atom. The van der Waals surface area contributed by atoms with Crippen molar-refractivity contribution in [1.29, 1.82) is 0 Å². The van der Waals surface area contributed by atoms with Gasteiger partial charge in [0.25, 0.3) is 5.91 Å². The molecule has 1 aliphatic heterocycles. The zero-order valence-electron chi connectivity index (χ0n) is 18.7. The number of nitrogens with two attached hydrogens (primary N) is 1. The highest BCUT2D eigenvalue weighted by Crippen LogP contribution is 2.38. The summed E-state index contributed by atoms with van der Waals surface area (Å²) in [7, 11) is 0. The number of pyridine rings is 2. The van der Waals surface area contributed by atoms with Crippen LogP contribution in [0.1, 0.15) is 45.8 Å². The molecule has 2 aliphatic rings. The summed E-state index contributed by atoms with van der Waals surface area (Å²) in [6.45, 7) is 1.26. The quantitative estimate of drug-likeness (QED) is 0.587. The Labute approximate surface area is 199 Å². The van der Waals surface area contributed by atoms with Gasteiger partial charge in [-0.2, -0.15) is 0 Å². The number of nitrogens with zero attached hydrogens (tertiary/aromatic N) is 3. The molecule has 1 aromatic carbocycles. The van der Waals surface area contributed by atoms with Crippen molar-refractivity contribution in [2.75, 3.05) is 23.3 Å². The molecule has 0 spiro atoms. The first-order valence-electron chi connectivity index (χ1n) is 11.3. The molecular formula is C25H22F3N5O2. The lowest BCUT2D eigenvalue weighted by Gasteiger charge is -2.35. The number of anilines is 2. The average molecular weight is 481 g/mol. The van der Waals surface area contributed by atoms with Gasteiger partial charge in [0.1, 0.15) is 34.5 Å². The third kappa shape index (κ3) is 4.25. The van der Waals surface area contributed by atoms with Crippen molar-refractivity contribution in [2.45, 2.75) is 31.7 Å². The van der Waals surface area contributed by atoms with Crippen molar-refractivity contribution in [3.63, 3.8) is 0 Å². The number of carbonyl (C=O) groups is 2. The average Bonchev–Trinajstić information content (AvgIpc) is 3.20. The van der Waals surface area contributed by atoms with Crippen LogP contribution in [-0.2, 0) is 6.42 Å². The molecule has 0 saturated carbocycles. The number of piperidine rings is 1. The predicted molar refractivity (Wildman–Crippen MR) is 124 cm³/mol. The summed E-state index contributed by atoms with van der Waals surface area (Å²) in [6, 6.07) is 5.15. The molecule has 3 heterocycles. The van der Waals surface area contributed by atoms with Crippen molar-refractivity contribution < 1.29 is 22.8 Å². The Bertz CT molecular complexity index is 1330. The number of ketones is 1. The van der Waals surface area contributed by atoms with E-state index in [4.69, 9.17) is 5.73 Å². The van der Waals surface area contributed by atoms with Gasteiger partial charge >= 0.3 is 0 Å². The standard InChI is InChI=1S/C25H22F3N5O2/c26-15-4-1-5-16(27)21(15)23-17(28)7-8-18(31-23)25(35)32-19-11-30-22-14(6-9-20(22)34)24(19)33-10-2-3-13(29)12-33/h1,4-5,7-8,11,13H,2-3,6,9-10,12,29H2,(H,32,35). The molecule has 35 heavy (non-hydrogen) atoms. The van der Waals surface area contributed by atoms with E-state index in [1.807, 2.05) is 4.90 Å². The molecule has 2 aromatic heterocycles. The minimum Gasteiger partial charge on any atom is -0.368 e. The van der Waals surface area contributed by atoms with Crippen LogP contribution < -0.4 is 16.0 Å². The highest BCUT2D eigenvalue weighted by atomic mass is 19.1. The van der Waals surface area contributed by atoms with Crippen molar-refractivity contribution >= 4 is 23.1 Å². The lowest BCUT2D eigenvalue weighted by atomic mass is 10.0. The summed E-state index contributed by atoms with van der Waals surface area (Å²) in [5.74, 6) is -3.73. The molecule has 1 unspecified atom stereocenters. The molecule has 0 bridgehead atoms. The molecule has 0 radical (unpaired) electrons. The van der Waals surface area contributed by atoms with Gasteiger partial charge in [-0.1, -0.05) is 6.07 Å². The van der Waals surface area contributed by atoms with Gasteiger partial charge in [-0.3, -0.25) is 14.6 Å². The number of hydrogen-bond acceptors (Lipinski definition) is 6. The van der Waals surface area contributed by atoms with Crippen LogP contribution in [0.2, 0.25) is 0 Å². The summed E-state index contributed by atoms with van der Waals surface area (Å²) >= 11 is 0. The number of amides is 1. The number of aromatic nitrogens is 2. The second kappa shape index (κ2) is 9.10. The van der Waals surface area contributed by atoms with E-state index in [1.165, 1.54) is 6.20 Å². The Morgan fingerprint density at radius 1 is 1.06 bits per heavy atom. The van der Waals surface area contributed by atoms with Gasteiger partial charge in [0.05, 0.1) is 23.1 Å². The number of Topliss-reactive ketones (excluding diaryl/α,β-unsaturated/α-hetero) is 1. The first kappa shape index (κ1) is 23.0. The molecule has 5 rings (SSSR count). The maximum Gasteiger partial charge on any atom is 0.274 e. The zero-order chi connectivity index (χ0) is 24.7. The Kier molecular flexibility index (Phi) is 5.98. The van der Waals surface area contributed by atoms with Crippen molar-refractivity contribution in [1.82, 2.24) is 9.97 Å². The number of hydrogen-bond donors (Lipinski definition) is 2. The van der Waals surface area contributed by atoms with Gasteiger partial charge < -0.3 is 16.0 Å². The second-order valence-corrected chi connectivity index (χ2v) is 8.70. The number of carbonyl (C=O) groups excluding carboxylic acids is 2. The third-order valence-electron chi connectivity index (χ3n) is 6.32. The lowest BCUT2D eigenvalue weighted by Crippen LogP contribution is -2.43. The topological polar surface area (TPSA) is 101 Å². The summed E-state index contributed by atoms with van der Waals surface area (Å²) in [5.41, 5.74) is 6.87. The van der Waals surface area contributed by atoms with E-state index in [1.54, 1.807) is 0 Å². The molecule has 10 heteroatoms. The number of nitrogens with one attached hydrogen (secondary N) is 1. The molecular weight excluding hydrogens is 459 g/mol. The van der Waals surface area contributed by atoms with E-state index in [-0.39, 0.29) is 17.5 Å². The fourth-order valence-corrected chi connectivity index (χ4v) is 4.70. The van der Waals surface area contributed by atoms with Gasteiger partial charge in [0.15, 0.2) is 5.78 Å². The first-order valence-corrected chi connectivity index (χ1v) is 11.3. The maximum atomic E-state index is 14.4.